The van der Waals surface area contributed by atoms with E-state index in [0.717, 1.165) is 72.3 Å². The van der Waals surface area contributed by atoms with Crippen molar-refractivity contribution in [2.45, 2.75) is 0 Å². The van der Waals surface area contributed by atoms with Crippen LogP contribution in [0.25, 0.3) is 78.1 Å². The summed E-state index contributed by atoms with van der Waals surface area (Å²) < 4.78 is 6.23. The fourth-order valence-electron chi connectivity index (χ4n) is 5.72. The molecule has 0 unspecified atom stereocenters. The quantitative estimate of drug-likeness (QED) is 0.214. The van der Waals surface area contributed by atoms with Crippen LogP contribution in [0.1, 0.15) is 0 Å². The molecule has 0 aliphatic heterocycles. The number of aromatic nitrogens is 3. The zero-order valence-electron chi connectivity index (χ0n) is 23.2. The lowest BCUT2D eigenvalue weighted by molar-refractivity contribution is 0.669. The molecular formula is C39H25N3O. The number of hydrogen-bond acceptors (Lipinski definition) is 4. The van der Waals surface area contributed by atoms with Crippen molar-refractivity contribution >= 4 is 21.9 Å². The van der Waals surface area contributed by atoms with E-state index in [1.54, 1.807) is 0 Å². The predicted octanol–water partition coefficient (Wildman–Crippen LogP) is 10.1. The zero-order chi connectivity index (χ0) is 28.6. The summed E-state index contributed by atoms with van der Waals surface area (Å²) in [6, 6.07) is 47.8. The number of benzene rings is 5. The van der Waals surface area contributed by atoms with Gasteiger partial charge in [-0.2, -0.15) is 0 Å². The van der Waals surface area contributed by atoms with Gasteiger partial charge in [0.25, 0.3) is 0 Å². The van der Waals surface area contributed by atoms with Gasteiger partial charge in [-0.15, -0.1) is 0 Å². The Bertz CT molecular complexity index is 2170. The monoisotopic (exact) mass is 551 g/mol. The first-order valence-corrected chi connectivity index (χ1v) is 14.3. The number of pyridine rings is 1. The number of nitrogens with zero attached hydrogens (tertiary/aromatic N) is 3. The van der Waals surface area contributed by atoms with Crippen LogP contribution in [0.3, 0.4) is 0 Å². The first-order valence-electron chi connectivity index (χ1n) is 14.3. The average molecular weight is 552 g/mol. The molecule has 0 spiro atoms. The third-order valence-electron chi connectivity index (χ3n) is 7.79. The van der Waals surface area contributed by atoms with Crippen molar-refractivity contribution in [1.82, 2.24) is 15.0 Å². The van der Waals surface area contributed by atoms with Crippen molar-refractivity contribution in [3.63, 3.8) is 0 Å². The van der Waals surface area contributed by atoms with Crippen LogP contribution in [-0.2, 0) is 0 Å². The minimum absolute atomic E-state index is 0.675. The highest BCUT2D eigenvalue weighted by Crippen LogP contribution is 2.38. The summed E-state index contributed by atoms with van der Waals surface area (Å²) in [7, 11) is 0. The second-order valence-electron chi connectivity index (χ2n) is 10.5. The molecule has 0 bridgehead atoms. The van der Waals surface area contributed by atoms with Crippen molar-refractivity contribution < 1.29 is 4.42 Å². The van der Waals surface area contributed by atoms with Gasteiger partial charge in [-0.05, 0) is 70.8 Å². The van der Waals surface area contributed by atoms with E-state index >= 15 is 0 Å². The Labute approximate surface area is 249 Å². The molecule has 43 heavy (non-hydrogen) atoms. The highest BCUT2D eigenvalue weighted by molar-refractivity contribution is 6.12. The van der Waals surface area contributed by atoms with Crippen LogP contribution >= 0.6 is 0 Å². The molecule has 5 aromatic carbocycles. The Morgan fingerprint density at radius 3 is 1.79 bits per heavy atom. The normalized spacial score (nSPS) is 11.3. The first-order chi connectivity index (χ1) is 21.3. The molecule has 0 saturated carbocycles. The average Bonchev–Trinajstić information content (AvgIpc) is 3.48. The Hall–Kier alpha value is -5.87. The highest BCUT2D eigenvalue weighted by Gasteiger charge is 2.17. The minimum atomic E-state index is 0.675. The molecule has 4 heteroatoms. The van der Waals surface area contributed by atoms with Gasteiger partial charge in [-0.25, -0.2) is 9.97 Å². The fraction of sp³-hybridized carbons (Fsp3) is 0. The molecule has 4 nitrogen and oxygen atoms in total. The number of fused-ring (bicyclic) bond motifs is 3. The number of hydrogen-bond donors (Lipinski definition) is 0. The summed E-state index contributed by atoms with van der Waals surface area (Å²) >= 11 is 0. The zero-order valence-corrected chi connectivity index (χ0v) is 23.2. The summed E-state index contributed by atoms with van der Waals surface area (Å²) in [4.78, 5) is 14.5. The number of furan rings is 1. The number of para-hydroxylation sites is 1. The third kappa shape index (κ3) is 4.65. The van der Waals surface area contributed by atoms with Crippen molar-refractivity contribution in [2.75, 3.05) is 0 Å². The maximum atomic E-state index is 6.23. The van der Waals surface area contributed by atoms with Gasteiger partial charge in [-0.1, -0.05) is 91.0 Å². The minimum Gasteiger partial charge on any atom is -0.456 e. The molecule has 0 fully saturated rings. The van der Waals surface area contributed by atoms with Gasteiger partial charge in [0, 0.05) is 39.9 Å². The highest BCUT2D eigenvalue weighted by atomic mass is 16.3. The van der Waals surface area contributed by atoms with E-state index < -0.39 is 0 Å². The van der Waals surface area contributed by atoms with E-state index in [-0.39, 0.29) is 0 Å². The van der Waals surface area contributed by atoms with E-state index in [2.05, 4.69) is 77.8 Å². The van der Waals surface area contributed by atoms with Gasteiger partial charge < -0.3 is 4.42 Å². The Morgan fingerprint density at radius 1 is 0.419 bits per heavy atom. The topological polar surface area (TPSA) is 51.8 Å². The molecular weight excluding hydrogens is 526 g/mol. The van der Waals surface area contributed by atoms with Gasteiger partial charge in [-0.3, -0.25) is 4.98 Å². The lowest BCUT2D eigenvalue weighted by atomic mass is 9.94. The SMILES string of the molecule is c1ccc(-c2cc(-c3ccncc3)cc(-c3cc(-c4cccc5oc6ccccc6c45)nc(-c4ccccc4)n3)c2)cc1. The molecule has 0 aliphatic rings. The van der Waals surface area contributed by atoms with Crippen LogP contribution in [0.5, 0.6) is 0 Å². The van der Waals surface area contributed by atoms with E-state index in [4.69, 9.17) is 14.4 Å². The van der Waals surface area contributed by atoms with E-state index in [9.17, 15) is 0 Å². The molecule has 0 amide bonds. The molecule has 3 heterocycles. The lowest BCUT2D eigenvalue weighted by Gasteiger charge is -2.13. The van der Waals surface area contributed by atoms with Crippen LogP contribution in [-0.4, -0.2) is 15.0 Å². The van der Waals surface area contributed by atoms with E-state index in [1.165, 1.54) is 0 Å². The predicted molar refractivity (Wildman–Crippen MR) is 174 cm³/mol. The molecule has 0 radical (unpaired) electrons. The van der Waals surface area contributed by atoms with E-state index in [0.29, 0.717) is 5.82 Å². The smallest absolute Gasteiger partial charge is 0.160 e. The summed E-state index contributed by atoms with van der Waals surface area (Å²) in [6.45, 7) is 0. The van der Waals surface area contributed by atoms with Gasteiger partial charge in [0.2, 0.25) is 0 Å². The summed E-state index contributed by atoms with van der Waals surface area (Å²) in [5.41, 5.74) is 10.8. The molecule has 8 aromatic rings. The van der Waals surface area contributed by atoms with Gasteiger partial charge >= 0.3 is 0 Å². The summed E-state index contributed by atoms with van der Waals surface area (Å²) in [5.74, 6) is 0.675. The fourth-order valence-corrected chi connectivity index (χ4v) is 5.72. The molecule has 0 aliphatic carbocycles. The number of rotatable bonds is 5. The molecule has 3 aromatic heterocycles. The molecule has 0 N–H and O–H groups in total. The molecule has 202 valence electrons. The van der Waals surface area contributed by atoms with Crippen LogP contribution in [0, 0.1) is 0 Å². The maximum absolute atomic E-state index is 6.23. The largest absolute Gasteiger partial charge is 0.456 e. The van der Waals surface area contributed by atoms with Crippen LogP contribution in [0.4, 0.5) is 0 Å². The summed E-state index contributed by atoms with van der Waals surface area (Å²) in [5, 5.41) is 2.12. The summed E-state index contributed by atoms with van der Waals surface area (Å²) in [6.07, 6.45) is 3.66. The van der Waals surface area contributed by atoms with Crippen molar-refractivity contribution in [1.29, 1.82) is 0 Å². The Balaban J connectivity index is 1.40. The molecule has 0 atom stereocenters. The second kappa shape index (κ2) is 10.5. The van der Waals surface area contributed by atoms with Gasteiger partial charge in [0.1, 0.15) is 11.2 Å². The Morgan fingerprint density at radius 2 is 1.02 bits per heavy atom. The standard InChI is InChI=1S/C39H25N3O/c1-3-10-26(11-4-1)29-22-30(27-18-20-40-21-19-27)24-31(23-29)34-25-35(42-39(41-34)28-12-5-2-6-13-28)32-15-9-17-37-38(32)33-14-7-8-16-36(33)43-37/h1-25H. The molecule has 8 rings (SSSR count). The van der Waals surface area contributed by atoms with Crippen molar-refractivity contribution in [2.24, 2.45) is 0 Å². The Kier molecular flexibility index (Phi) is 6.08. The first kappa shape index (κ1) is 24.9. The van der Waals surface area contributed by atoms with Crippen LogP contribution in [0.15, 0.2) is 156 Å². The third-order valence-corrected chi connectivity index (χ3v) is 7.79. The van der Waals surface area contributed by atoms with E-state index in [1.807, 2.05) is 79.1 Å². The maximum Gasteiger partial charge on any atom is 0.160 e. The van der Waals surface area contributed by atoms with Crippen molar-refractivity contribution in [3.05, 3.63) is 152 Å². The van der Waals surface area contributed by atoms with Crippen LogP contribution < -0.4 is 0 Å². The lowest BCUT2D eigenvalue weighted by Crippen LogP contribution is -1.97. The second-order valence-corrected chi connectivity index (χ2v) is 10.5. The van der Waals surface area contributed by atoms with Gasteiger partial charge in [0.15, 0.2) is 5.82 Å². The van der Waals surface area contributed by atoms with Crippen LogP contribution in [0.2, 0.25) is 0 Å². The van der Waals surface area contributed by atoms with Crippen molar-refractivity contribution in [3.8, 4) is 56.2 Å². The van der Waals surface area contributed by atoms with Gasteiger partial charge in [0.05, 0.1) is 11.4 Å². The molecule has 0 saturated heterocycles.